The summed E-state index contributed by atoms with van der Waals surface area (Å²) in [6.07, 6.45) is 0.622. The molecule has 2 aromatic rings. The first-order chi connectivity index (χ1) is 14.9. The normalized spacial score (nSPS) is 22.7. The molecule has 4 amide bonds. The second kappa shape index (κ2) is 8.47. The topological polar surface area (TPSA) is 134 Å². The molecule has 160 valence electrons. The van der Waals surface area contributed by atoms with Crippen molar-refractivity contribution in [3.63, 3.8) is 0 Å². The number of nitrogens with one attached hydrogen (secondary N) is 3. The highest BCUT2D eigenvalue weighted by Crippen LogP contribution is 2.35. The van der Waals surface area contributed by atoms with Crippen LogP contribution in [0, 0.1) is 0 Å². The summed E-state index contributed by atoms with van der Waals surface area (Å²) < 4.78 is 0. The van der Waals surface area contributed by atoms with Gasteiger partial charge in [0.15, 0.2) is 0 Å². The van der Waals surface area contributed by atoms with Gasteiger partial charge in [0.2, 0.25) is 17.7 Å². The summed E-state index contributed by atoms with van der Waals surface area (Å²) >= 11 is 0. The average molecular weight is 421 g/mol. The van der Waals surface area contributed by atoms with Crippen LogP contribution in [0.2, 0.25) is 0 Å². The van der Waals surface area contributed by atoms with Crippen LogP contribution < -0.4 is 26.6 Å². The molecule has 31 heavy (non-hydrogen) atoms. The zero-order valence-corrected chi connectivity index (χ0v) is 16.7. The van der Waals surface area contributed by atoms with Crippen LogP contribution in [0.25, 0.3) is 0 Å². The Labute approximate surface area is 179 Å². The number of hydrogen-bond donors (Lipinski definition) is 4. The Morgan fingerprint density at radius 3 is 2.42 bits per heavy atom. The summed E-state index contributed by atoms with van der Waals surface area (Å²) in [5.74, 6) is -1.79. The van der Waals surface area contributed by atoms with Crippen molar-refractivity contribution in [2.24, 2.45) is 5.73 Å². The Balaban J connectivity index is 1.74. The number of rotatable bonds is 5. The molecule has 0 unspecified atom stereocenters. The molecule has 9 nitrogen and oxygen atoms in total. The molecule has 0 spiro atoms. The van der Waals surface area contributed by atoms with Crippen LogP contribution in [0.1, 0.15) is 24.4 Å². The molecule has 2 heterocycles. The molecule has 3 atom stereocenters. The zero-order chi connectivity index (χ0) is 22.0. The van der Waals surface area contributed by atoms with Gasteiger partial charge in [-0.1, -0.05) is 42.5 Å². The lowest BCUT2D eigenvalue weighted by molar-refractivity contribution is -0.130. The maximum Gasteiger partial charge on any atom is 0.252 e. The molecule has 2 aromatic carbocycles. The first-order valence-electron chi connectivity index (χ1n) is 10.0. The second-order valence-electron chi connectivity index (χ2n) is 7.59. The fraction of sp³-hybridized carbons (Fsp3) is 0.273. The SMILES string of the molecule is NC(=O)CN1C(=O)[C@H](NC(=O)[C@@H]2CCC(=O)N2)[C@H](c2ccccc2)Nc2ccccc21. The summed E-state index contributed by atoms with van der Waals surface area (Å²) in [4.78, 5) is 51.1. The molecular weight excluding hydrogens is 398 g/mol. The number of amides is 4. The van der Waals surface area contributed by atoms with Crippen LogP contribution in [0.4, 0.5) is 11.4 Å². The van der Waals surface area contributed by atoms with E-state index in [2.05, 4.69) is 16.0 Å². The van der Waals surface area contributed by atoms with Crippen molar-refractivity contribution in [1.82, 2.24) is 10.6 Å². The number of carbonyl (C=O) groups excluding carboxylic acids is 4. The molecule has 9 heteroatoms. The van der Waals surface area contributed by atoms with Crippen molar-refractivity contribution < 1.29 is 19.2 Å². The summed E-state index contributed by atoms with van der Waals surface area (Å²) in [5, 5.41) is 8.76. The molecule has 1 saturated heterocycles. The minimum absolute atomic E-state index is 0.201. The number of carbonyl (C=O) groups is 4. The van der Waals surface area contributed by atoms with Crippen LogP contribution in [-0.2, 0) is 19.2 Å². The minimum atomic E-state index is -1.03. The van der Waals surface area contributed by atoms with Crippen molar-refractivity contribution in [2.45, 2.75) is 31.0 Å². The lowest BCUT2D eigenvalue weighted by Crippen LogP contribution is -2.56. The van der Waals surface area contributed by atoms with Gasteiger partial charge in [0.1, 0.15) is 18.6 Å². The summed E-state index contributed by atoms with van der Waals surface area (Å²) in [5.41, 5.74) is 7.33. The van der Waals surface area contributed by atoms with E-state index < -0.39 is 35.8 Å². The number of primary amides is 1. The van der Waals surface area contributed by atoms with E-state index in [1.54, 1.807) is 18.2 Å². The van der Waals surface area contributed by atoms with Gasteiger partial charge in [-0.2, -0.15) is 0 Å². The quantitative estimate of drug-likeness (QED) is 0.556. The first kappa shape index (κ1) is 20.4. The van der Waals surface area contributed by atoms with Crippen molar-refractivity contribution in [1.29, 1.82) is 0 Å². The number of benzene rings is 2. The lowest BCUT2D eigenvalue weighted by atomic mass is 9.97. The number of nitrogens with two attached hydrogens (primary N) is 1. The number of fused-ring (bicyclic) bond motifs is 1. The highest BCUT2D eigenvalue weighted by molar-refractivity contribution is 6.07. The Morgan fingerprint density at radius 1 is 1.03 bits per heavy atom. The van der Waals surface area contributed by atoms with Crippen molar-refractivity contribution >= 4 is 35.0 Å². The molecule has 0 saturated carbocycles. The van der Waals surface area contributed by atoms with E-state index in [0.717, 1.165) is 5.56 Å². The zero-order valence-electron chi connectivity index (χ0n) is 16.7. The molecule has 2 aliphatic heterocycles. The third kappa shape index (κ3) is 4.20. The largest absolute Gasteiger partial charge is 0.374 e. The molecule has 2 aliphatic rings. The Morgan fingerprint density at radius 2 is 1.74 bits per heavy atom. The maximum absolute atomic E-state index is 13.6. The van der Waals surface area contributed by atoms with Gasteiger partial charge in [-0.3, -0.25) is 24.1 Å². The van der Waals surface area contributed by atoms with Gasteiger partial charge in [-0.05, 0) is 24.1 Å². The fourth-order valence-electron chi connectivity index (χ4n) is 3.98. The predicted octanol–water partition coefficient (Wildman–Crippen LogP) is 0.435. The van der Waals surface area contributed by atoms with Crippen LogP contribution in [0.3, 0.4) is 0 Å². The van der Waals surface area contributed by atoms with Crippen molar-refractivity contribution in [2.75, 3.05) is 16.8 Å². The summed E-state index contributed by atoms with van der Waals surface area (Å²) in [7, 11) is 0. The van der Waals surface area contributed by atoms with Crippen molar-refractivity contribution in [3.8, 4) is 0 Å². The van der Waals surface area contributed by atoms with Gasteiger partial charge >= 0.3 is 0 Å². The van der Waals surface area contributed by atoms with Gasteiger partial charge in [0.05, 0.1) is 17.4 Å². The van der Waals surface area contributed by atoms with Crippen LogP contribution >= 0.6 is 0 Å². The van der Waals surface area contributed by atoms with Gasteiger partial charge in [-0.25, -0.2) is 0 Å². The minimum Gasteiger partial charge on any atom is -0.374 e. The maximum atomic E-state index is 13.6. The van der Waals surface area contributed by atoms with E-state index >= 15 is 0 Å². The van der Waals surface area contributed by atoms with E-state index in [1.165, 1.54) is 4.90 Å². The molecule has 1 fully saturated rings. The van der Waals surface area contributed by atoms with Crippen LogP contribution in [-0.4, -0.2) is 42.3 Å². The van der Waals surface area contributed by atoms with Gasteiger partial charge in [0.25, 0.3) is 5.91 Å². The summed E-state index contributed by atoms with van der Waals surface area (Å²) in [6, 6.07) is 14.0. The van der Waals surface area contributed by atoms with Gasteiger partial charge in [0, 0.05) is 6.42 Å². The van der Waals surface area contributed by atoms with Crippen molar-refractivity contribution in [3.05, 3.63) is 60.2 Å². The van der Waals surface area contributed by atoms with E-state index in [9.17, 15) is 19.2 Å². The van der Waals surface area contributed by atoms with E-state index in [-0.39, 0.29) is 18.9 Å². The van der Waals surface area contributed by atoms with Crippen LogP contribution in [0.5, 0.6) is 0 Å². The fourth-order valence-corrected chi connectivity index (χ4v) is 3.98. The number of hydrogen-bond acceptors (Lipinski definition) is 5. The lowest BCUT2D eigenvalue weighted by Gasteiger charge is -2.29. The Hall–Kier alpha value is -3.88. The third-order valence-electron chi connectivity index (χ3n) is 5.45. The summed E-state index contributed by atoms with van der Waals surface area (Å²) in [6.45, 7) is -0.328. The third-order valence-corrected chi connectivity index (χ3v) is 5.45. The molecule has 5 N–H and O–H groups in total. The predicted molar refractivity (Wildman–Crippen MR) is 114 cm³/mol. The van der Waals surface area contributed by atoms with Gasteiger partial charge < -0.3 is 21.7 Å². The molecule has 0 aliphatic carbocycles. The standard InChI is InChI=1S/C22H23N5O4/c23-17(28)12-27-16-9-5-4-8-14(16)25-19(13-6-2-1-3-7-13)20(22(27)31)26-21(30)15-10-11-18(29)24-15/h1-9,15,19-20,25H,10-12H2,(H2,23,28)(H,24,29)(H,26,30)/t15-,19-,20+/m0/s1. The molecule has 0 radical (unpaired) electrons. The number of nitrogens with zero attached hydrogens (tertiary/aromatic N) is 1. The second-order valence-corrected chi connectivity index (χ2v) is 7.59. The molecule has 4 rings (SSSR count). The average Bonchev–Trinajstić information content (AvgIpc) is 3.17. The van der Waals surface area contributed by atoms with E-state index in [4.69, 9.17) is 5.73 Å². The molecule has 0 bridgehead atoms. The van der Waals surface area contributed by atoms with E-state index in [1.807, 2.05) is 36.4 Å². The van der Waals surface area contributed by atoms with Crippen LogP contribution in [0.15, 0.2) is 54.6 Å². The highest BCUT2D eigenvalue weighted by atomic mass is 16.2. The Bertz CT molecular complexity index is 1030. The number of anilines is 2. The molecule has 0 aromatic heterocycles. The first-order valence-corrected chi connectivity index (χ1v) is 10.0. The highest BCUT2D eigenvalue weighted by Gasteiger charge is 2.40. The van der Waals surface area contributed by atoms with Gasteiger partial charge in [-0.15, -0.1) is 0 Å². The van der Waals surface area contributed by atoms with E-state index in [0.29, 0.717) is 17.8 Å². The Kier molecular flexibility index (Phi) is 5.57. The monoisotopic (exact) mass is 421 g/mol. The smallest absolute Gasteiger partial charge is 0.252 e. The number of para-hydroxylation sites is 2. The molecular formula is C22H23N5O4.